The highest BCUT2D eigenvalue weighted by atomic mass is 16.5. The van der Waals surface area contributed by atoms with Gasteiger partial charge in [0.05, 0.1) is 24.5 Å². The molecular formula is C17H28N4O3. The highest BCUT2D eigenvalue weighted by Gasteiger charge is 2.32. The van der Waals surface area contributed by atoms with E-state index in [1.165, 1.54) is 0 Å². The van der Waals surface area contributed by atoms with Crippen molar-refractivity contribution >= 4 is 5.91 Å². The number of aromatic nitrogens is 2. The largest absolute Gasteiger partial charge is 0.396 e. The summed E-state index contributed by atoms with van der Waals surface area (Å²) >= 11 is 0. The number of carbonyl (C=O) groups excluding carboxylic acids is 1. The van der Waals surface area contributed by atoms with Gasteiger partial charge in [-0.3, -0.25) is 14.4 Å². The van der Waals surface area contributed by atoms with Crippen LogP contribution in [0.15, 0.2) is 6.20 Å². The molecule has 3 heterocycles. The first kappa shape index (κ1) is 17.4. The van der Waals surface area contributed by atoms with Gasteiger partial charge in [-0.05, 0) is 25.2 Å². The molecule has 24 heavy (non-hydrogen) atoms. The Bertz CT molecular complexity index is 568. The Balaban J connectivity index is 1.68. The molecule has 2 atom stereocenters. The fraction of sp³-hybridized carbons (Fsp3) is 0.765. The Morgan fingerprint density at radius 1 is 1.33 bits per heavy atom. The van der Waals surface area contributed by atoms with E-state index in [1.54, 1.807) is 10.9 Å². The molecule has 2 aliphatic rings. The fourth-order valence-electron chi connectivity index (χ4n) is 3.88. The van der Waals surface area contributed by atoms with Crippen LogP contribution in [0, 0.1) is 18.8 Å². The minimum Gasteiger partial charge on any atom is -0.396 e. The predicted molar refractivity (Wildman–Crippen MR) is 89.8 cm³/mol. The van der Waals surface area contributed by atoms with E-state index in [-0.39, 0.29) is 18.4 Å². The van der Waals surface area contributed by atoms with Crippen LogP contribution in [0.5, 0.6) is 0 Å². The Morgan fingerprint density at radius 3 is 2.67 bits per heavy atom. The van der Waals surface area contributed by atoms with Crippen molar-refractivity contribution in [2.24, 2.45) is 18.9 Å². The smallest absolute Gasteiger partial charge is 0.257 e. The Labute approximate surface area is 143 Å². The van der Waals surface area contributed by atoms with Gasteiger partial charge in [0.25, 0.3) is 5.91 Å². The van der Waals surface area contributed by atoms with Crippen LogP contribution < -0.4 is 0 Å². The summed E-state index contributed by atoms with van der Waals surface area (Å²) in [6.07, 6.45) is 2.76. The molecule has 0 spiro atoms. The Morgan fingerprint density at radius 2 is 2.04 bits per heavy atom. The van der Waals surface area contributed by atoms with Crippen LogP contribution in [-0.4, -0.2) is 83.1 Å². The van der Waals surface area contributed by atoms with Gasteiger partial charge in [-0.1, -0.05) is 0 Å². The van der Waals surface area contributed by atoms with Crippen molar-refractivity contribution in [2.45, 2.75) is 13.3 Å². The summed E-state index contributed by atoms with van der Waals surface area (Å²) in [5, 5.41) is 13.9. The number of hydrogen-bond donors (Lipinski definition) is 1. The number of carbonyl (C=O) groups is 1. The first-order chi connectivity index (χ1) is 11.6. The normalized spacial score (nSPS) is 25.9. The third-order valence-electron chi connectivity index (χ3n) is 5.03. The van der Waals surface area contributed by atoms with E-state index >= 15 is 0 Å². The average Bonchev–Trinajstić information content (AvgIpc) is 2.93. The average molecular weight is 336 g/mol. The lowest BCUT2D eigenvalue weighted by Crippen LogP contribution is -2.49. The van der Waals surface area contributed by atoms with Crippen molar-refractivity contribution in [3.63, 3.8) is 0 Å². The van der Waals surface area contributed by atoms with Crippen LogP contribution in [0.3, 0.4) is 0 Å². The molecule has 2 fully saturated rings. The SMILES string of the molecule is Cc1nn(C)cc1C(=O)N1C[C@@H](CN2CCOCC2)C[C@H](CO)C1. The van der Waals surface area contributed by atoms with Crippen molar-refractivity contribution in [2.75, 3.05) is 52.5 Å². The predicted octanol–water partition coefficient (Wildman–Crippen LogP) is 0.131. The third-order valence-corrected chi connectivity index (χ3v) is 5.03. The molecule has 1 aromatic heterocycles. The summed E-state index contributed by atoms with van der Waals surface area (Å²) in [5.41, 5.74) is 1.43. The summed E-state index contributed by atoms with van der Waals surface area (Å²) < 4.78 is 7.09. The van der Waals surface area contributed by atoms with Crippen molar-refractivity contribution < 1.29 is 14.6 Å². The number of piperidine rings is 1. The van der Waals surface area contributed by atoms with Gasteiger partial charge in [-0.15, -0.1) is 0 Å². The van der Waals surface area contributed by atoms with Crippen LogP contribution in [0.4, 0.5) is 0 Å². The number of rotatable bonds is 4. The lowest BCUT2D eigenvalue weighted by atomic mass is 9.88. The van der Waals surface area contributed by atoms with E-state index < -0.39 is 0 Å². The lowest BCUT2D eigenvalue weighted by molar-refractivity contribution is 0.0130. The van der Waals surface area contributed by atoms with E-state index in [4.69, 9.17) is 4.74 Å². The fourth-order valence-corrected chi connectivity index (χ4v) is 3.88. The lowest BCUT2D eigenvalue weighted by Gasteiger charge is -2.40. The van der Waals surface area contributed by atoms with Gasteiger partial charge < -0.3 is 14.7 Å². The highest BCUT2D eigenvalue weighted by molar-refractivity contribution is 5.95. The third kappa shape index (κ3) is 3.96. The summed E-state index contributed by atoms with van der Waals surface area (Å²) in [6, 6.07) is 0. The quantitative estimate of drug-likeness (QED) is 0.846. The maximum absolute atomic E-state index is 12.9. The van der Waals surface area contributed by atoms with Crippen LogP contribution in [0.25, 0.3) is 0 Å². The summed E-state index contributed by atoms with van der Waals surface area (Å²) in [4.78, 5) is 17.2. The van der Waals surface area contributed by atoms with Crippen molar-refractivity contribution in [1.29, 1.82) is 0 Å². The number of ether oxygens (including phenoxy) is 1. The van der Waals surface area contributed by atoms with Crippen LogP contribution in [0.1, 0.15) is 22.5 Å². The second-order valence-electron chi connectivity index (χ2n) is 7.08. The van der Waals surface area contributed by atoms with Gasteiger partial charge >= 0.3 is 0 Å². The van der Waals surface area contributed by atoms with Crippen molar-refractivity contribution in [3.8, 4) is 0 Å². The molecule has 1 N–H and O–H groups in total. The van der Waals surface area contributed by atoms with Crippen LogP contribution in [0.2, 0.25) is 0 Å². The minimum atomic E-state index is 0.0331. The summed E-state index contributed by atoms with van der Waals surface area (Å²) in [5.74, 6) is 0.589. The molecule has 7 nitrogen and oxygen atoms in total. The zero-order chi connectivity index (χ0) is 17.1. The molecule has 2 aliphatic heterocycles. The zero-order valence-corrected chi connectivity index (χ0v) is 14.6. The standard InChI is InChI=1S/C17H28N4O3/c1-13-16(11-19(2)18-13)17(23)21-9-14(7-15(10-21)12-22)8-20-3-5-24-6-4-20/h11,14-15,22H,3-10,12H2,1-2H3/t14-,15+/m1/s1. The molecule has 0 unspecified atom stereocenters. The molecule has 1 amide bonds. The van der Waals surface area contributed by atoms with Gasteiger partial charge in [-0.2, -0.15) is 5.10 Å². The van der Waals surface area contributed by atoms with E-state index in [0.717, 1.165) is 51.5 Å². The van der Waals surface area contributed by atoms with E-state index in [1.807, 2.05) is 18.9 Å². The van der Waals surface area contributed by atoms with Gasteiger partial charge in [-0.25, -0.2) is 0 Å². The number of likely N-dealkylation sites (tertiary alicyclic amines) is 1. The molecular weight excluding hydrogens is 308 g/mol. The van der Waals surface area contributed by atoms with Gasteiger partial charge in [0, 0.05) is 52.6 Å². The molecule has 2 saturated heterocycles. The maximum atomic E-state index is 12.9. The second kappa shape index (κ2) is 7.63. The number of hydrogen-bond acceptors (Lipinski definition) is 5. The number of amides is 1. The van der Waals surface area contributed by atoms with Crippen molar-refractivity contribution in [1.82, 2.24) is 19.6 Å². The molecule has 0 aliphatic carbocycles. The topological polar surface area (TPSA) is 70.8 Å². The maximum Gasteiger partial charge on any atom is 0.257 e. The molecule has 0 bridgehead atoms. The second-order valence-corrected chi connectivity index (χ2v) is 7.08. The number of aliphatic hydroxyl groups excluding tert-OH is 1. The molecule has 0 saturated carbocycles. The molecule has 1 aromatic rings. The number of morpholine rings is 1. The zero-order valence-electron chi connectivity index (χ0n) is 14.6. The Kier molecular flexibility index (Phi) is 5.53. The number of aryl methyl sites for hydroxylation is 2. The summed E-state index contributed by atoms with van der Waals surface area (Å²) in [6.45, 7) is 7.83. The van der Waals surface area contributed by atoms with E-state index in [2.05, 4.69) is 10.00 Å². The molecule has 134 valence electrons. The van der Waals surface area contributed by atoms with Gasteiger partial charge in [0.1, 0.15) is 0 Å². The summed E-state index contributed by atoms with van der Waals surface area (Å²) in [7, 11) is 1.83. The van der Waals surface area contributed by atoms with E-state index in [0.29, 0.717) is 18.0 Å². The van der Waals surface area contributed by atoms with Crippen LogP contribution in [-0.2, 0) is 11.8 Å². The monoisotopic (exact) mass is 336 g/mol. The molecule has 3 rings (SSSR count). The van der Waals surface area contributed by atoms with Gasteiger partial charge in [0.2, 0.25) is 0 Å². The highest BCUT2D eigenvalue weighted by Crippen LogP contribution is 2.25. The molecule has 7 heteroatoms. The Hall–Kier alpha value is -1.44. The van der Waals surface area contributed by atoms with Gasteiger partial charge in [0.15, 0.2) is 0 Å². The minimum absolute atomic E-state index is 0.0331. The first-order valence-corrected chi connectivity index (χ1v) is 8.77. The first-order valence-electron chi connectivity index (χ1n) is 8.77. The molecule has 0 radical (unpaired) electrons. The number of nitrogens with zero attached hydrogens (tertiary/aromatic N) is 4. The number of aliphatic hydroxyl groups is 1. The van der Waals surface area contributed by atoms with Crippen LogP contribution >= 0.6 is 0 Å². The molecule has 0 aromatic carbocycles. The van der Waals surface area contributed by atoms with Crippen molar-refractivity contribution in [3.05, 3.63) is 17.5 Å². The van der Waals surface area contributed by atoms with E-state index in [9.17, 15) is 9.90 Å².